The fourth-order valence-electron chi connectivity index (χ4n) is 2.84. The molecule has 2 fully saturated rings. The zero-order chi connectivity index (χ0) is 12.7. The Morgan fingerprint density at radius 1 is 1.44 bits per heavy atom. The molecule has 0 radical (unpaired) electrons. The van der Waals surface area contributed by atoms with Crippen LogP contribution in [0.25, 0.3) is 0 Å². The van der Waals surface area contributed by atoms with E-state index in [4.69, 9.17) is 15.6 Å². The highest BCUT2D eigenvalue weighted by Crippen LogP contribution is 2.36. The van der Waals surface area contributed by atoms with Gasteiger partial charge in [-0.25, -0.2) is 4.79 Å². The van der Waals surface area contributed by atoms with Crippen LogP contribution in [-0.2, 0) is 4.74 Å². The number of anilines is 2. The van der Waals surface area contributed by atoms with Gasteiger partial charge in [-0.3, -0.25) is 0 Å². The van der Waals surface area contributed by atoms with Gasteiger partial charge in [0.15, 0.2) is 0 Å². The molecule has 2 saturated heterocycles. The third-order valence-electron chi connectivity index (χ3n) is 3.74. The highest BCUT2D eigenvalue weighted by molar-refractivity contribution is 5.94. The van der Waals surface area contributed by atoms with E-state index in [0.717, 1.165) is 24.9 Å². The van der Waals surface area contributed by atoms with Gasteiger partial charge < -0.3 is 20.9 Å². The zero-order valence-corrected chi connectivity index (χ0v) is 9.93. The van der Waals surface area contributed by atoms with Crippen molar-refractivity contribution in [3.8, 4) is 0 Å². The molecule has 96 valence electrons. The van der Waals surface area contributed by atoms with Gasteiger partial charge >= 0.3 is 5.97 Å². The Balaban J connectivity index is 1.77. The van der Waals surface area contributed by atoms with E-state index in [0.29, 0.717) is 6.10 Å². The number of carboxylic acids is 1. The quantitative estimate of drug-likeness (QED) is 0.709. The third-order valence-corrected chi connectivity index (χ3v) is 3.74. The van der Waals surface area contributed by atoms with Gasteiger partial charge in [0.25, 0.3) is 0 Å². The van der Waals surface area contributed by atoms with Gasteiger partial charge in [0.2, 0.25) is 0 Å². The van der Waals surface area contributed by atoms with Gasteiger partial charge in [-0.1, -0.05) is 0 Å². The molecule has 3 rings (SSSR count). The number of carbonyl (C=O) groups is 1. The maximum Gasteiger partial charge on any atom is 0.337 e. The molecule has 0 aliphatic carbocycles. The van der Waals surface area contributed by atoms with E-state index >= 15 is 0 Å². The van der Waals surface area contributed by atoms with E-state index in [2.05, 4.69) is 5.32 Å². The molecule has 0 saturated carbocycles. The van der Waals surface area contributed by atoms with E-state index < -0.39 is 5.97 Å². The zero-order valence-electron chi connectivity index (χ0n) is 9.93. The van der Waals surface area contributed by atoms with Crippen LogP contribution < -0.4 is 11.1 Å². The number of hydrogen-bond acceptors (Lipinski definition) is 4. The van der Waals surface area contributed by atoms with Gasteiger partial charge in [-0.05, 0) is 37.5 Å². The van der Waals surface area contributed by atoms with Gasteiger partial charge in [0.1, 0.15) is 0 Å². The average molecular weight is 248 g/mol. The maximum absolute atomic E-state index is 11.0. The molecular formula is C13H16N2O3. The van der Waals surface area contributed by atoms with Crippen molar-refractivity contribution in [2.75, 3.05) is 11.1 Å². The Kier molecular flexibility index (Phi) is 2.63. The van der Waals surface area contributed by atoms with Crippen LogP contribution in [0.5, 0.6) is 0 Å². The second-order valence-electron chi connectivity index (χ2n) is 4.97. The molecule has 0 amide bonds. The third kappa shape index (κ3) is 1.90. The van der Waals surface area contributed by atoms with Crippen molar-refractivity contribution >= 4 is 17.3 Å². The molecule has 1 aromatic carbocycles. The number of nitrogens with one attached hydrogen (secondary N) is 1. The van der Waals surface area contributed by atoms with Gasteiger partial charge in [-0.15, -0.1) is 0 Å². The number of nitrogen functional groups attached to an aromatic ring is 1. The van der Waals surface area contributed by atoms with Gasteiger partial charge in [-0.2, -0.15) is 0 Å². The molecule has 4 N–H and O–H groups in total. The first-order chi connectivity index (χ1) is 8.63. The first-order valence-electron chi connectivity index (χ1n) is 6.18. The summed E-state index contributed by atoms with van der Waals surface area (Å²) in [4.78, 5) is 11.0. The lowest BCUT2D eigenvalue weighted by atomic mass is 9.95. The van der Waals surface area contributed by atoms with Crippen molar-refractivity contribution in [1.29, 1.82) is 0 Å². The van der Waals surface area contributed by atoms with Crippen LogP contribution in [0.15, 0.2) is 18.2 Å². The summed E-state index contributed by atoms with van der Waals surface area (Å²) in [5, 5.41) is 12.4. The number of rotatable bonds is 3. The smallest absolute Gasteiger partial charge is 0.337 e. The van der Waals surface area contributed by atoms with Crippen LogP contribution in [-0.4, -0.2) is 29.3 Å². The summed E-state index contributed by atoms with van der Waals surface area (Å²) in [5.41, 5.74) is 6.85. The fourth-order valence-corrected chi connectivity index (χ4v) is 2.84. The van der Waals surface area contributed by atoms with E-state index in [1.54, 1.807) is 12.1 Å². The Hall–Kier alpha value is -1.75. The van der Waals surface area contributed by atoms with Crippen molar-refractivity contribution in [3.05, 3.63) is 23.8 Å². The molecule has 0 aromatic heterocycles. The Labute approximate surface area is 105 Å². The molecule has 0 spiro atoms. The highest BCUT2D eigenvalue weighted by Gasteiger charge is 2.40. The van der Waals surface area contributed by atoms with Crippen molar-refractivity contribution < 1.29 is 14.6 Å². The summed E-state index contributed by atoms with van der Waals surface area (Å²) < 4.78 is 5.75. The number of carboxylic acid groups (broad SMARTS) is 1. The minimum absolute atomic E-state index is 0.143. The van der Waals surface area contributed by atoms with Crippen LogP contribution in [0, 0.1) is 0 Å². The highest BCUT2D eigenvalue weighted by atomic mass is 16.5. The van der Waals surface area contributed by atoms with Crippen LogP contribution in [0.3, 0.4) is 0 Å². The van der Waals surface area contributed by atoms with Gasteiger partial charge in [0, 0.05) is 11.4 Å². The van der Waals surface area contributed by atoms with Crippen LogP contribution >= 0.6 is 0 Å². The van der Waals surface area contributed by atoms with Crippen LogP contribution in [0.4, 0.5) is 11.4 Å². The van der Waals surface area contributed by atoms with Crippen molar-refractivity contribution in [1.82, 2.24) is 0 Å². The predicted octanol–water partition coefficient (Wildman–Crippen LogP) is 1.70. The minimum atomic E-state index is -1.000. The van der Waals surface area contributed by atoms with Gasteiger partial charge in [0.05, 0.1) is 23.8 Å². The summed E-state index contributed by atoms with van der Waals surface area (Å²) in [7, 11) is 0. The molecule has 5 heteroatoms. The number of nitrogens with two attached hydrogens (primary N) is 1. The molecule has 3 unspecified atom stereocenters. The van der Waals surface area contributed by atoms with Crippen LogP contribution in [0.2, 0.25) is 0 Å². The number of fused-ring (bicyclic) bond motifs is 2. The SMILES string of the molecule is Nc1ccc(NC2CC3CCC2O3)cc1C(=O)O. The lowest BCUT2D eigenvalue weighted by molar-refractivity contribution is 0.0698. The summed E-state index contributed by atoms with van der Waals surface area (Å²) in [6.45, 7) is 0. The predicted molar refractivity (Wildman–Crippen MR) is 67.7 cm³/mol. The fraction of sp³-hybridized carbons (Fsp3) is 0.462. The molecule has 2 aliphatic heterocycles. The molecule has 1 aromatic rings. The lowest BCUT2D eigenvalue weighted by Gasteiger charge is -2.21. The first kappa shape index (κ1) is 11.3. The van der Waals surface area contributed by atoms with E-state index in [-0.39, 0.29) is 23.4 Å². The van der Waals surface area contributed by atoms with Crippen molar-refractivity contribution in [2.24, 2.45) is 0 Å². The Bertz CT molecular complexity index is 489. The van der Waals surface area contributed by atoms with Crippen LogP contribution in [0.1, 0.15) is 29.6 Å². The molecule has 18 heavy (non-hydrogen) atoms. The molecule has 2 aliphatic rings. The summed E-state index contributed by atoms with van der Waals surface area (Å²) >= 11 is 0. The number of hydrogen-bond donors (Lipinski definition) is 3. The Morgan fingerprint density at radius 2 is 2.28 bits per heavy atom. The standard InChI is InChI=1S/C13H16N2O3/c14-10-3-1-7(5-9(10)13(16)17)15-11-6-8-2-4-12(11)18-8/h1,3,5,8,11-12,15H,2,4,6,14H2,(H,16,17). The summed E-state index contributed by atoms with van der Waals surface area (Å²) in [6.07, 6.45) is 3.87. The molecule has 2 bridgehead atoms. The molecule has 3 atom stereocenters. The largest absolute Gasteiger partial charge is 0.478 e. The second-order valence-corrected chi connectivity index (χ2v) is 4.97. The lowest BCUT2D eigenvalue weighted by Crippen LogP contribution is -2.30. The Morgan fingerprint density at radius 3 is 2.89 bits per heavy atom. The normalized spacial score (nSPS) is 29.4. The van der Waals surface area contributed by atoms with E-state index in [9.17, 15) is 4.79 Å². The topological polar surface area (TPSA) is 84.6 Å². The van der Waals surface area contributed by atoms with E-state index in [1.807, 2.05) is 6.07 Å². The number of aromatic carboxylic acids is 1. The molecule has 5 nitrogen and oxygen atoms in total. The monoisotopic (exact) mass is 248 g/mol. The summed E-state index contributed by atoms with van der Waals surface area (Å²) in [5.74, 6) is -1.000. The van der Waals surface area contributed by atoms with Crippen molar-refractivity contribution in [2.45, 2.75) is 37.5 Å². The second kappa shape index (κ2) is 4.17. The molecular weight excluding hydrogens is 232 g/mol. The first-order valence-corrected chi connectivity index (χ1v) is 6.18. The minimum Gasteiger partial charge on any atom is -0.478 e. The number of ether oxygens (including phenoxy) is 1. The van der Waals surface area contributed by atoms with E-state index in [1.165, 1.54) is 0 Å². The van der Waals surface area contributed by atoms with Crippen molar-refractivity contribution in [3.63, 3.8) is 0 Å². The average Bonchev–Trinajstić information content (AvgIpc) is 2.93. The molecule has 2 heterocycles. The summed E-state index contributed by atoms with van der Waals surface area (Å²) in [6, 6.07) is 5.31. The maximum atomic E-state index is 11.0. The number of benzene rings is 1.